The van der Waals surface area contributed by atoms with Gasteiger partial charge in [0.25, 0.3) is 0 Å². The minimum atomic E-state index is -0.103. The number of benzene rings is 2. The number of nitrogens with one attached hydrogen (secondary N) is 1. The fraction of sp³-hybridized carbons (Fsp3) is 0.400. The van der Waals surface area contributed by atoms with E-state index >= 15 is 0 Å². The SMILES string of the molecule is CNCCC[C@@]12CC[C@@H](c3ccccc31)c1cc([18F])ccc12. The molecule has 0 saturated carbocycles. The maximum absolute atomic E-state index is 13.8. The largest absolute Gasteiger partial charge is 0.320 e. The molecule has 0 saturated heterocycles. The lowest BCUT2D eigenvalue weighted by Crippen LogP contribution is -2.40. The molecule has 114 valence electrons. The lowest BCUT2D eigenvalue weighted by Gasteiger charge is -2.50. The van der Waals surface area contributed by atoms with Crippen LogP contribution in [0.2, 0.25) is 0 Å². The predicted molar refractivity (Wildman–Crippen MR) is 87.9 cm³/mol. The molecule has 0 fully saturated rings. The topological polar surface area (TPSA) is 12.0 Å². The molecule has 0 spiro atoms. The van der Waals surface area contributed by atoms with Gasteiger partial charge in [-0.3, -0.25) is 0 Å². The molecule has 0 heterocycles. The van der Waals surface area contributed by atoms with Crippen LogP contribution in [-0.4, -0.2) is 13.6 Å². The first-order chi connectivity index (χ1) is 10.8. The second kappa shape index (κ2) is 5.20. The van der Waals surface area contributed by atoms with Crippen molar-refractivity contribution < 1.29 is 4.39 Å². The summed E-state index contributed by atoms with van der Waals surface area (Å²) in [6.07, 6.45) is 4.62. The minimum absolute atomic E-state index is 0.0885. The fourth-order valence-corrected chi connectivity index (χ4v) is 4.74. The first kappa shape index (κ1) is 14.0. The van der Waals surface area contributed by atoms with Gasteiger partial charge in [0.1, 0.15) is 5.82 Å². The predicted octanol–water partition coefficient (Wildman–Crippen LogP) is 4.35. The van der Waals surface area contributed by atoms with Crippen molar-refractivity contribution in [2.75, 3.05) is 13.6 Å². The molecule has 0 amide bonds. The van der Waals surface area contributed by atoms with Crippen LogP contribution in [-0.2, 0) is 5.41 Å². The number of hydrogen-bond donors (Lipinski definition) is 1. The summed E-state index contributed by atoms with van der Waals surface area (Å²) in [5.74, 6) is 0.280. The van der Waals surface area contributed by atoms with E-state index in [4.69, 9.17) is 0 Å². The summed E-state index contributed by atoms with van der Waals surface area (Å²) in [6.45, 7) is 1.03. The van der Waals surface area contributed by atoms with Crippen molar-refractivity contribution in [1.82, 2.24) is 5.32 Å². The third kappa shape index (κ3) is 1.87. The van der Waals surface area contributed by atoms with Crippen molar-refractivity contribution in [2.24, 2.45) is 0 Å². The molecule has 2 atom stereocenters. The standard InChI is InChI=1S/C20H22FN/c1-22-12-4-10-20-11-9-15(16-5-2-3-6-18(16)20)17-13-14(21)7-8-19(17)20/h2-3,5-8,13,15,22H,4,9-12H2,1H3/t15-,20+/m0/s1/i21-1. The summed E-state index contributed by atoms with van der Waals surface area (Å²) < 4.78 is 13.8. The van der Waals surface area contributed by atoms with Gasteiger partial charge in [-0.2, -0.15) is 0 Å². The van der Waals surface area contributed by atoms with Crippen LogP contribution in [0.5, 0.6) is 0 Å². The zero-order valence-electron chi connectivity index (χ0n) is 13.0. The van der Waals surface area contributed by atoms with Crippen LogP contribution in [0, 0.1) is 5.82 Å². The molecule has 2 heteroatoms. The third-order valence-electron chi connectivity index (χ3n) is 5.65. The monoisotopic (exact) mass is 294 g/mol. The van der Waals surface area contributed by atoms with Crippen molar-refractivity contribution in [3.05, 3.63) is 70.5 Å². The second-order valence-electron chi connectivity index (χ2n) is 6.70. The number of rotatable bonds is 4. The van der Waals surface area contributed by atoms with Crippen LogP contribution in [0.1, 0.15) is 53.9 Å². The van der Waals surface area contributed by atoms with Crippen LogP contribution < -0.4 is 5.32 Å². The lowest BCUT2D eigenvalue weighted by molar-refractivity contribution is 0.340. The van der Waals surface area contributed by atoms with Crippen molar-refractivity contribution in [3.8, 4) is 0 Å². The van der Waals surface area contributed by atoms with E-state index in [1.54, 1.807) is 12.1 Å². The maximum atomic E-state index is 13.8. The van der Waals surface area contributed by atoms with Crippen LogP contribution in [0.4, 0.5) is 4.39 Å². The van der Waals surface area contributed by atoms with Crippen molar-refractivity contribution in [3.63, 3.8) is 0 Å². The van der Waals surface area contributed by atoms with Crippen LogP contribution in [0.3, 0.4) is 0 Å². The molecule has 0 aliphatic heterocycles. The third-order valence-corrected chi connectivity index (χ3v) is 5.65. The van der Waals surface area contributed by atoms with E-state index in [0.29, 0.717) is 5.92 Å². The van der Waals surface area contributed by atoms with Gasteiger partial charge in [0, 0.05) is 11.3 Å². The Kier molecular flexibility index (Phi) is 3.30. The van der Waals surface area contributed by atoms with Gasteiger partial charge < -0.3 is 5.32 Å². The first-order valence-corrected chi connectivity index (χ1v) is 8.30. The second-order valence-corrected chi connectivity index (χ2v) is 6.70. The summed E-state index contributed by atoms with van der Waals surface area (Å²) in [6, 6.07) is 14.3. The summed E-state index contributed by atoms with van der Waals surface area (Å²) in [4.78, 5) is 0. The quantitative estimate of drug-likeness (QED) is 0.827. The van der Waals surface area contributed by atoms with Crippen LogP contribution in [0.25, 0.3) is 0 Å². The van der Waals surface area contributed by atoms with Crippen LogP contribution in [0.15, 0.2) is 42.5 Å². The van der Waals surface area contributed by atoms with Crippen molar-refractivity contribution >= 4 is 0 Å². The van der Waals surface area contributed by atoms with E-state index in [0.717, 1.165) is 25.8 Å². The van der Waals surface area contributed by atoms with E-state index < -0.39 is 0 Å². The molecule has 3 aliphatic carbocycles. The molecule has 2 aromatic rings. The van der Waals surface area contributed by atoms with Gasteiger partial charge in [-0.15, -0.1) is 0 Å². The molecule has 5 rings (SSSR count). The molecule has 1 N–H and O–H groups in total. The van der Waals surface area contributed by atoms with E-state index in [9.17, 15) is 4.39 Å². The van der Waals surface area contributed by atoms with Gasteiger partial charge in [0.15, 0.2) is 0 Å². The average Bonchev–Trinajstić information content (AvgIpc) is 2.55. The number of fused-ring (bicyclic) bond motifs is 1. The summed E-state index contributed by atoms with van der Waals surface area (Å²) in [5, 5.41) is 3.26. The van der Waals surface area contributed by atoms with E-state index in [2.05, 4.69) is 29.6 Å². The first-order valence-electron chi connectivity index (χ1n) is 8.30. The number of hydrogen-bond acceptors (Lipinski definition) is 1. The molecule has 1 nitrogen and oxygen atoms in total. The highest BCUT2D eigenvalue weighted by atomic mass is 18.2. The Balaban J connectivity index is 1.89. The summed E-state index contributed by atoms with van der Waals surface area (Å²) in [5.41, 5.74) is 5.61. The van der Waals surface area contributed by atoms with Gasteiger partial charge in [0.2, 0.25) is 0 Å². The Morgan fingerprint density at radius 3 is 2.82 bits per heavy atom. The van der Waals surface area contributed by atoms with Gasteiger partial charge in [0.05, 0.1) is 0 Å². The van der Waals surface area contributed by atoms with Gasteiger partial charge in [-0.1, -0.05) is 30.3 Å². The Bertz CT molecular complexity index is 709. The van der Waals surface area contributed by atoms with Crippen molar-refractivity contribution in [2.45, 2.75) is 37.0 Å². The van der Waals surface area contributed by atoms with Crippen LogP contribution >= 0.6 is 0 Å². The Labute approximate surface area is 131 Å². The minimum Gasteiger partial charge on any atom is -0.320 e. The highest BCUT2D eigenvalue weighted by Gasteiger charge is 2.47. The van der Waals surface area contributed by atoms with Gasteiger partial charge in [-0.25, -0.2) is 4.39 Å². The maximum Gasteiger partial charge on any atom is 0.123 e. The lowest BCUT2D eigenvalue weighted by atomic mass is 9.54. The average molecular weight is 294 g/mol. The summed E-state index contributed by atoms with van der Waals surface area (Å²) in [7, 11) is 2.01. The Morgan fingerprint density at radius 2 is 1.95 bits per heavy atom. The molecule has 22 heavy (non-hydrogen) atoms. The highest BCUT2D eigenvalue weighted by molar-refractivity contribution is 5.59. The molecule has 2 bridgehead atoms. The Morgan fingerprint density at radius 1 is 1.14 bits per heavy atom. The van der Waals surface area contributed by atoms with Gasteiger partial charge in [-0.05, 0) is 73.7 Å². The number of halogens is 1. The zero-order chi connectivity index (χ0) is 15.2. The summed E-state index contributed by atoms with van der Waals surface area (Å²) >= 11 is 0. The normalized spacial score (nSPS) is 24.9. The van der Waals surface area contributed by atoms with Crippen molar-refractivity contribution in [1.29, 1.82) is 0 Å². The Hall–Kier alpha value is -1.67. The van der Waals surface area contributed by atoms with E-state index in [1.165, 1.54) is 28.7 Å². The van der Waals surface area contributed by atoms with Gasteiger partial charge >= 0.3 is 0 Å². The van der Waals surface area contributed by atoms with E-state index in [1.807, 2.05) is 13.1 Å². The molecule has 0 aromatic heterocycles. The molecular formula is C20H22FN. The molecule has 0 unspecified atom stereocenters. The molecular weight excluding hydrogens is 272 g/mol. The molecule has 0 radical (unpaired) electrons. The highest BCUT2D eigenvalue weighted by Crippen LogP contribution is 2.58. The molecule has 2 aromatic carbocycles. The zero-order valence-corrected chi connectivity index (χ0v) is 13.0. The molecule has 3 aliphatic rings. The van der Waals surface area contributed by atoms with E-state index in [-0.39, 0.29) is 11.2 Å². The smallest absolute Gasteiger partial charge is 0.123 e. The fourth-order valence-electron chi connectivity index (χ4n) is 4.74.